The maximum absolute atomic E-state index is 13.5. The Hall–Kier alpha value is -3.16. The van der Waals surface area contributed by atoms with E-state index in [4.69, 9.17) is 14.2 Å². The molecule has 0 aromatic rings. The number of carbonyl (C=O) groups excluding carboxylic acids is 2. The molecule has 85 heavy (non-hydrogen) atoms. The van der Waals surface area contributed by atoms with E-state index in [0.29, 0.717) is 19.3 Å². The molecule has 0 spiro atoms. The monoisotopic (exact) mass is 1190 g/mol. The Morgan fingerprint density at radius 1 is 0.471 bits per heavy atom. The van der Waals surface area contributed by atoms with Crippen LogP contribution in [-0.2, 0) is 23.8 Å². The molecule has 0 bridgehead atoms. The third kappa shape index (κ3) is 48.4. The Kier molecular flexibility index (Phi) is 57.4. The van der Waals surface area contributed by atoms with Crippen molar-refractivity contribution in [3.8, 4) is 0 Å². The Labute approximate surface area is 521 Å². The first kappa shape index (κ1) is 79.9. The minimum atomic E-state index is -1.62. The van der Waals surface area contributed by atoms with E-state index < -0.39 is 67.4 Å². The molecule has 0 aliphatic carbocycles. The lowest BCUT2D eigenvalue weighted by Gasteiger charge is -2.41. The average Bonchev–Trinajstić information content (AvgIpc) is 3.34. The molecule has 0 radical (unpaired) electrons. The SMILES string of the molecule is CC/C=C\C/C=C\C/C=C\C/C=C\C/C=C\C/C=C\CCCCCCCCC(=O)OC1C(OCC(NC(=O)C(O)CCCCCCCCCCCCCCCCCCCC)C(O)/C=C/CCCCCCCCCCCCC)OC(CO)C(O)C1O. The Morgan fingerprint density at radius 3 is 1.27 bits per heavy atom. The molecule has 1 aliphatic heterocycles. The van der Waals surface area contributed by atoms with Gasteiger partial charge in [-0.2, -0.15) is 0 Å². The van der Waals surface area contributed by atoms with Gasteiger partial charge in [0.05, 0.1) is 25.4 Å². The van der Waals surface area contributed by atoms with Gasteiger partial charge < -0.3 is 45.1 Å². The van der Waals surface area contributed by atoms with Gasteiger partial charge in [0, 0.05) is 6.42 Å². The molecule has 0 aromatic heterocycles. The highest BCUT2D eigenvalue weighted by molar-refractivity contribution is 5.80. The Morgan fingerprint density at radius 2 is 0.847 bits per heavy atom. The van der Waals surface area contributed by atoms with E-state index in [-0.39, 0.29) is 13.0 Å². The molecule has 6 N–H and O–H groups in total. The number of aliphatic hydroxyl groups is 5. The summed E-state index contributed by atoms with van der Waals surface area (Å²) >= 11 is 0. The predicted octanol–water partition coefficient (Wildman–Crippen LogP) is 18.1. The fourth-order valence-electron chi connectivity index (χ4n) is 10.8. The van der Waals surface area contributed by atoms with Gasteiger partial charge in [-0.15, -0.1) is 0 Å². The fraction of sp³-hybridized carbons (Fsp3) is 0.784. The quantitative estimate of drug-likeness (QED) is 0.0195. The first-order valence-corrected chi connectivity index (χ1v) is 35.4. The Bertz CT molecular complexity index is 1710. The minimum Gasteiger partial charge on any atom is -0.454 e. The summed E-state index contributed by atoms with van der Waals surface area (Å²) in [4.78, 5) is 26.7. The minimum absolute atomic E-state index is 0.104. The van der Waals surface area contributed by atoms with Crippen LogP contribution >= 0.6 is 0 Å². The highest BCUT2D eigenvalue weighted by Crippen LogP contribution is 2.26. The van der Waals surface area contributed by atoms with Crippen molar-refractivity contribution in [1.82, 2.24) is 5.32 Å². The zero-order valence-electron chi connectivity index (χ0n) is 54.7. The van der Waals surface area contributed by atoms with Gasteiger partial charge in [-0.05, 0) is 77.0 Å². The molecular weight excluding hydrogens is 1060 g/mol. The van der Waals surface area contributed by atoms with Crippen molar-refractivity contribution in [1.29, 1.82) is 0 Å². The molecule has 1 fully saturated rings. The molecule has 11 heteroatoms. The van der Waals surface area contributed by atoms with Crippen LogP contribution in [0.4, 0.5) is 0 Å². The van der Waals surface area contributed by atoms with Crippen LogP contribution in [0.1, 0.15) is 310 Å². The van der Waals surface area contributed by atoms with Crippen LogP contribution < -0.4 is 5.32 Å². The number of hydrogen-bond acceptors (Lipinski definition) is 10. The van der Waals surface area contributed by atoms with Gasteiger partial charge in [-0.25, -0.2) is 0 Å². The summed E-state index contributed by atoms with van der Waals surface area (Å²) in [7, 11) is 0. The van der Waals surface area contributed by atoms with Crippen LogP contribution in [-0.4, -0.2) is 99.6 Å². The summed E-state index contributed by atoms with van der Waals surface area (Å²) in [6, 6.07) is -1.03. The van der Waals surface area contributed by atoms with Gasteiger partial charge in [-0.1, -0.05) is 311 Å². The number of carbonyl (C=O) groups is 2. The number of ether oxygens (including phenoxy) is 3. The van der Waals surface area contributed by atoms with Crippen LogP contribution in [0, 0.1) is 0 Å². The second-order valence-electron chi connectivity index (χ2n) is 24.2. The molecule has 11 nitrogen and oxygen atoms in total. The molecular formula is C74H131NO10. The molecule has 0 aromatic carbocycles. The summed E-state index contributed by atoms with van der Waals surface area (Å²) < 4.78 is 17.7. The van der Waals surface area contributed by atoms with Gasteiger partial charge in [0.2, 0.25) is 5.91 Å². The number of hydrogen-bond donors (Lipinski definition) is 6. The van der Waals surface area contributed by atoms with Crippen molar-refractivity contribution >= 4 is 11.9 Å². The molecule has 1 aliphatic rings. The number of nitrogens with one attached hydrogen (secondary N) is 1. The third-order valence-electron chi connectivity index (χ3n) is 16.3. The first-order valence-electron chi connectivity index (χ1n) is 35.4. The van der Waals surface area contributed by atoms with Crippen molar-refractivity contribution < 1.29 is 49.3 Å². The van der Waals surface area contributed by atoms with Gasteiger partial charge >= 0.3 is 5.97 Å². The van der Waals surface area contributed by atoms with Gasteiger partial charge in [-0.3, -0.25) is 9.59 Å². The lowest BCUT2D eigenvalue weighted by molar-refractivity contribution is -0.305. The van der Waals surface area contributed by atoms with E-state index in [9.17, 15) is 35.1 Å². The molecule has 1 amide bonds. The number of allylic oxidation sites excluding steroid dienone is 13. The maximum atomic E-state index is 13.5. The van der Waals surface area contributed by atoms with E-state index in [1.165, 1.54) is 148 Å². The largest absolute Gasteiger partial charge is 0.454 e. The van der Waals surface area contributed by atoms with Crippen molar-refractivity contribution in [2.24, 2.45) is 0 Å². The van der Waals surface area contributed by atoms with Crippen LogP contribution in [0.25, 0.3) is 0 Å². The van der Waals surface area contributed by atoms with E-state index in [0.717, 1.165) is 116 Å². The average molecular weight is 1190 g/mol. The van der Waals surface area contributed by atoms with Crippen molar-refractivity contribution in [3.63, 3.8) is 0 Å². The highest BCUT2D eigenvalue weighted by Gasteiger charge is 2.47. The topological polar surface area (TPSA) is 175 Å². The summed E-state index contributed by atoms with van der Waals surface area (Å²) in [5, 5.41) is 57.2. The summed E-state index contributed by atoms with van der Waals surface area (Å²) in [6.07, 6.45) is 70.4. The lowest BCUT2D eigenvalue weighted by Crippen LogP contribution is -2.61. The Balaban J connectivity index is 2.61. The molecule has 0 saturated carbocycles. The van der Waals surface area contributed by atoms with Gasteiger partial charge in [0.25, 0.3) is 0 Å². The molecule has 1 heterocycles. The van der Waals surface area contributed by atoms with E-state index in [1.54, 1.807) is 6.08 Å². The zero-order chi connectivity index (χ0) is 61.7. The summed E-state index contributed by atoms with van der Waals surface area (Å²) in [5.74, 6) is -1.20. The normalized spacial score (nSPS) is 18.9. The van der Waals surface area contributed by atoms with Crippen LogP contribution in [0.3, 0.4) is 0 Å². The van der Waals surface area contributed by atoms with Crippen molar-refractivity contribution in [3.05, 3.63) is 85.1 Å². The van der Waals surface area contributed by atoms with Crippen LogP contribution in [0.15, 0.2) is 85.1 Å². The van der Waals surface area contributed by atoms with Gasteiger partial charge in [0.1, 0.15) is 24.4 Å². The van der Waals surface area contributed by atoms with Crippen LogP contribution in [0.5, 0.6) is 0 Å². The van der Waals surface area contributed by atoms with E-state index >= 15 is 0 Å². The van der Waals surface area contributed by atoms with E-state index in [2.05, 4.69) is 99.0 Å². The fourth-order valence-corrected chi connectivity index (χ4v) is 10.8. The van der Waals surface area contributed by atoms with E-state index in [1.807, 2.05) is 6.08 Å². The number of amides is 1. The second kappa shape index (κ2) is 61.1. The van der Waals surface area contributed by atoms with Crippen molar-refractivity contribution in [2.75, 3.05) is 13.2 Å². The first-order chi connectivity index (χ1) is 41.7. The number of esters is 1. The lowest BCUT2D eigenvalue weighted by atomic mass is 9.99. The van der Waals surface area contributed by atoms with Gasteiger partial charge in [0.15, 0.2) is 12.4 Å². The zero-order valence-corrected chi connectivity index (χ0v) is 54.7. The molecule has 8 unspecified atom stereocenters. The smallest absolute Gasteiger partial charge is 0.306 e. The predicted molar refractivity (Wildman–Crippen MR) is 356 cm³/mol. The second-order valence-corrected chi connectivity index (χ2v) is 24.2. The maximum Gasteiger partial charge on any atom is 0.306 e. The number of unbranched alkanes of at least 4 members (excludes halogenated alkanes) is 34. The third-order valence-corrected chi connectivity index (χ3v) is 16.3. The standard InChI is InChI=1S/C74H131NO10/c1-4-7-10-13-16-19-22-25-27-29-31-32-33-34-35-36-37-39-41-44-47-50-53-56-59-62-69(79)85-72-71(81)70(80)68(63-76)84-74(72)83-64-65(66(77)60-57-54-51-48-45-42-24-21-18-15-12-9-6-3)75-73(82)67(78)61-58-55-52-49-46-43-40-38-30-28-26-23-20-17-14-11-8-5-2/h7,10,16,19,25,27,31-32,34-35,37,39,57,60,65-68,70-72,74,76-78,80-81H,4-6,8-9,11-15,17-18,20-24,26,28-30,33,36,38,40-56,58-59,61-64H2,1-3H3,(H,75,82)/b10-7-,19-16-,27-25-,32-31-,35-34-,39-37-,60-57+. The molecule has 1 saturated heterocycles. The summed E-state index contributed by atoms with van der Waals surface area (Å²) in [6.45, 7) is 5.71. The molecule has 1 rings (SSSR count). The van der Waals surface area contributed by atoms with Crippen LogP contribution in [0.2, 0.25) is 0 Å². The number of rotatable bonds is 60. The summed E-state index contributed by atoms with van der Waals surface area (Å²) in [5.41, 5.74) is 0. The molecule has 492 valence electrons. The van der Waals surface area contributed by atoms with Crippen molar-refractivity contribution in [2.45, 2.75) is 359 Å². The molecule has 8 atom stereocenters. The number of aliphatic hydroxyl groups excluding tert-OH is 5. The highest BCUT2D eigenvalue weighted by atomic mass is 16.7.